The normalized spacial score (nSPS) is 10.2. The number of ether oxygens (including phenoxy) is 4. The van der Waals surface area contributed by atoms with E-state index >= 15 is 0 Å². The zero-order chi connectivity index (χ0) is 24.5. The molecule has 0 radical (unpaired) electrons. The third-order valence-electron chi connectivity index (χ3n) is 4.84. The van der Waals surface area contributed by atoms with Gasteiger partial charge in [-0.3, -0.25) is 9.59 Å². The Morgan fingerprint density at radius 3 is 2.03 bits per heavy atom. The van der Waals surface area contributed by atoms with Gasteiger partial charge in [-0.05, 0) is 66.7 Å². The maximum atomic E-state index is 12.5. The molecule has 0 aliphatic carbocycles. The number of rotatable bonds is 10. The molecule has 0 saturated carbocycles. The molecule has 0 saturated heterocycles. The third-order valence-corrected chi connectivity index (χ3v) is 4.84. The summed E-state index contributed by atoms with van der Waals surface area (Å²) in [4.78, 5) is 36.4. The standard InChI is InChI=1S/C26H25NO7/c1-4-22(28)17-5-10-21(11-6-17)34-26(30)18-7-14-23(24(15-18)32-3)33-16-25(29)27-19-8-12-20(31-2)13-9-19/h5-15H,4,16H2,1-3H3,(H,27,29). The van der Waals surface area contributed by atoms with Crippen molar-refractivity contribution >= 4 is 23.3 Å². The summed E-state index contributed by atoms with van der Waals surface area (Å²) in [5.41, 5.74) is 1.40. The van der Waals surface area contributed by atoms with Crippen LogP contribution in [-0.4, -0.2) is 38.5 Å². The molecular formula is C26H25NO7. The molecule has 0 bridgehead atoms. The van der Waals surface area contributed by atoms with Gasteiger partial charge in [-0.2, -0.15) is 0 Å². The fraction of sp³-hybridized carbons (Fsp3) is 0.192. The van der Waals surface area contributed by atoms with Gasteiger partial charge >= 0.3 is 5.97 Å². The van der Waals surface area contributed by atoms with Crippen LogP contribution < -0.4 is 24.3 Å². The van der Waals surface area contributed by atoms with Crippen LogP contribution in [0.25, 0.3) is 0 Å². The molecule has 0 aliphatic heterocycles. The number of hydrogen-bond donors (Lipinski definition) is 1. The predicted molar refractivity (Wildman–Crippen MR) is 126 cm³/mol. The van der Waals surface area contributed by atoms with Gasteiger partial charge in [0.2, 0.25) is 0 Å². The summed E-state index contributed by atoms with van der Waals surface area (Å²) in [5.74, 6) is 0.614. The van der Waals surface area contributed by atoms with Crippen LogP contribution in [0.4, 0.5) is 5.69 Å². The summed E-state index contributed by atoms with van der Waals surface area (Å²) in [5, 5.41) is 2.72. The summed E-state index contributed by atoms with van der Waals surface area (Å²) < 4.78 is 21.3. The number of anilines is 1. The van der Waals surface area contributed by atoms with E-state index in [1.807, 2.05) is 0 Å². The molecule has 0 unspecified atom stereocenters. The second kappa shape index (κ2) is 11.5. The SMILES string of the molecule is CCC(=O)c1ccc(OC(=O)c2ccc(OCC(=O)Nc3ccc(OC)cc3)c(OC)c2)cc1. The second-order valence-corrected chi connectivity index (χ2v) is 7.12. The number of hydrogen-bond acceptors (Lipinski definition) is 7. The highest BCUT2D eigenvalue weighted by Gasteiger charge is 2.15. The lowest BCUT2D eigenvalue weighted by Crippen LogP contribution is -2.20. The first-order valence-electron chi connectivity index (χ1n) is 10.5. The highest BCUT2D eigenvalue weighted by atomic mass is 16.5. The molecule has 1 N–H and O–H groups in total. The van der Waals surface area contributed by atoms with Gasteiger partial charge in [0.25, 0.3) is 5.91 Å². The van der Waals surface area contributed by atoms with Crippen molar-refractivity contribution in [2.75, 3.05) is 26.1 Å². The van der Waals surface area contributed by atoms with Crippen LogP contribution in [0.3, 0.4) is 0 Å². The molecule has 0 spiro atoms. The van der Waals surface area contributed by atoms with Gasteiger partial charge < -0.3 is 24.3 Å². The first-order valence-corrected chi connectivity index (χ1v) is 10.5. The molecule has 34 heavy (non-hydrogen) atoms. The van der Waals surface area contributed by atoms with E-state index in [-0.39, 0.29) is 29.6 Å². The van der Waals surface area contributed by atoms with Crippen LogP contribution >= 0.6 is 0 Å². The fourth-order valence-electron chi connectivity index (χ4n) is 3.01. The summed E-state index contributed by atoms with van der Waals surface area (Å²) in [7, 11) is 2.99. The maximum absolute atomic E-state index is 12.5. The highest BCUT2D eigenvalue weighted by Crippen LogP contribution is 2.29. The van der Waals surface area contributed by atoms with E-state index in [9.17, 15) is 14.4 Å². The molecule has 8 nitrogen and oxygen atoms in total. The van der Waals surface area contributed by atoms with Crippen LogP contribution in [0.15, 0.2) is 66.7 Å². The Hall–Kier alpha value is -4.33. The van der Waals surface area contributed by atoms with Gasteiger partial charge in [-0.1, -0.05) is 6.92 Å². The summed E-state index contributed by atoms with van der Waals surface area (Å²) in [6.45, 7) is 1.53. The number of Topliss-reactive ketones (excluding diaryl/α,β-unsaturated/α-hetero) is 1. The Morgan fingerprint density at radius 1 is 0.765 bits per heavy atom. The van der Waals surface area contributed by atoms with E-state index in [4.69, 9.17) is 18.9 Å². The van der Waals surface area contributed by atoms with E-state index in [1.165, 1.54) is 25.3 Å². The van der Waals surface area contributed by atoms with Crippen molar-refractivity contribution in [3.63, 3.8) is 0 Å². The zero-order valence-electron chi connectivity index (χ0n) is 19.1. The minimum absolute atomic E-state index is 0.0101. The first-order chi connectivity index (χ1) is 16.4. The zero-order valence-corrected chi connectivity index (χ0v) is 19.1. The van der Waals surface area contributed by atoms with Gasteiger partial charge in [-0.25, -0.2) is 4.79 Å². The third kappa shape index (κ3) is 6.35. The lowest BCUT2D eigenvalue weighted by atomic mass is 10.1. The Kier molecular flexibility index (Phi) is 8.23. The number of ketones is 1. The van der Waals surface area contributed by atoms with Crippen molar-refractivity contribution in [2.24, 2.45) is 0 Å². The smallest absolute Gasteiger partial charge is 0.343 e. The topological polar surface area (TPSA) is 100 Å². The molecule has 3 rings (SSSR count). The molecule has 0 aromatic heterocycles. The molecule has 1 amide bonds. The minimum Gasteiger partial charge on any atom is -0.497 e. The number of methoxy groups -OCH3 is 2. The van der Waals surface area contributed by atoms with E-state index < -0.39 is 5.97 Å². The van der Waals surface area contributed by atoms with Gasteiger partial charge in [-0.15, -0.1) is 0 Å². The van der Waals surface area contributed by atoms with Crippen LogP contribution in [-0.2, 0) is 4.79 Å². The monoisotopic (exact) mass is 463 g/mol. The second-order valence-electron chi connectivity index (χ2n) is 7.12. The van der Waals surface area contributed by atoms with E-state index in [1.54, 1.807) is 62.6 Å². The number of esters is 1. The summed E-state index contributed by atoms with van der Waals surface area (Å²) in [6, 6.07) is 17.8. The van der Waals surface area contributed by atoms with Crippen molar-refractivity contribution in [2.45, 2.75) is 13.3 Å². The molecule has 176 valence electrons. The number of carbonyl (C=O) groups excluding carboxylic acids is 3. The molecule has 0 aliphatic rings. The molecule has 0 heterocycles. The Morgan fingerprint density at radius 2 is 1.41 bits per heavy atom. The van der Waals surface area contributed by atoms with Gasteiger partial charge in [0, 0.05) is 17.7 Å². The van der Waals surface area contributed by atoms with Crippen molar-refractivity contribution in [3.8, 4) is 23.0 Å². The van der Waals surface area contributed by atoms with Gasteiger partial charge in [0.15, 0.2) is 23.9 Å². The Bertz CT molecular complexity index is 1150. The molecule has 3 aromatic carbocycles. The molecular weight excluding hydrogens is 438 g/mol. The molecule has 0 atom stereocenters. The number of carbonyl (C=O) groups is 3. The summed E-state index contributed by atoms with van der Waals surface area (Å²) >= 11 is 0. The van der Waals surface area contributed by atoms with E-state index in [0.717, 1.165) is 0 Å². The number of amides is 1. The quantitative estimate of drug-likeness (QED) is 0.268. The molecule has 3 aromatic rings. The van der Waals surface area contributed by atoms with Crippen LogP contribution in [0.1, 0.15) is 34.1 Å². The van der Waals surface area contributed by atoms with Crippen molar-refractivity contribution in [1.29, 1.82) is 0 Å². The number of benzene rings is 3. The van der Waals surface area contributed by atoms with Crippen molar-refractivity contribution in [3.05, 3.63) is 77.9 Å². The average Bonchev–Trinajstić information content (AvgIpc) is 2.87. The van der Waals surface area contributed by atoms with Gasteiger partial charge in [0.1, 0.15) is 11.5 Å². The predicted octanol–water partition coefficient (Wildman–Crippen LogP) is 4.53. The van der Waals surface area contributed by atoms with E-state index in [2.05, 4.69) is 5.32 Å². The Labute approximate surface area is 197 Å². The first kappa shape index (κ1) is 24.3. The molecule has 8 heteroatoms. The van der Waals surface area contributed by atoms with Gasteiger partial charge in [0.05, 0.1) is 19.8 Å². The van der Waals surface area contributed by atoms with Crippen molar-refractivity contribution < 1.29 is 33.3 Å². The minimum atomic E-state index is -0.600. The maximum Gasteiger partial charge on any atom is 0.343 e. The lowest BCUT2D eigenvalue weighted by molar-refractivity contribution is -0.118. The van der Waals surface area contributed by atoms with E-state index in [0.29, 0.717) is 34.9 Å². The summed E-state index contributed by atoms with van der Waals surface area (Å²) in [6.07, 6.45) is 0.399. The molecule has 0 fully saturated rings. The lowest BCUT2D eigenvalue weighted by Gasteiger charge is -2.12. The van der Waals surface area contributed by atoms with Crippen LogP contribution in [0.5, 0.6) is 23.0 Å². The number of nitrogens with one attached hydrogen (secondary N) is 1. The largest absolute Gasteiger partial charge is 0.497 e. The average molecular weight is 463 g/mol. The van der Waals surface area contributed by atoms with Crippen LogP contribution in [0.2, 0.25) is 0 Å². The highest BCUT2D eigenvalue weighted by molar-refractivity contribution is 5.96. The fourth-order valence-corrected chi connectivity index (χ4v) is 3.01. The Balaban J connectivity index is 1.60. The van der Waals surface area contributed by atoms with Crippen molar-refractivity contribution in [1.82, 2.24) is 0 Å². The van der Waals surface area contributed by atoms with Crippen LogP contribution in [0, 0.1) is 0 Å².